The smallest absolute Gasteiger partial charge is 0.220 e. The van der Waals surface area contributed by atoms with Crippen LogP contribution in [-0.2, 0) is 4.79 Å². The standard InChI is InChI=1S/C19H28N4O2/c1-13(2)18(19-20-15(4)22-23-19)21-17(24)10-5-6-11-25-16-9-7-8-14(3)12-16/h7-9,12-13,18H,5-6,10-11H2,1-4H3,(H,21,24)(H,20,22,23)/t18-/m1/s1. The molecule has 0 saturated heterocycles. The van der Waals surface area contributed by atoms with Crippen molar-refractivity contribution in [2.24, 2.45) is 5.92 Å². The Labute approximate surface area is 149 Å². The number of H-pyrrole nitrogens is 1. The number of aromatic nitrogens is 3. The third-order valence-corrected chi connectivity index (χ3v) is 3.93. The molecule has 136 valence electrons. The van der Waals surface area contributed by atoms with Crippen LogP contribution in [0.3, 0.4) is 0 Å². The van der Waals surface area contributed by atoms with Crippen LogP contribution >= 0.6 is 0 Å². The summed E-state index contributed by atoms with van der Waals surface area (Å²) in [4.78, 5) is 16.5. The van der Waals surface area contributed by atoms with E-state index in [0.717, 1.165) is 24.4 Å². The Bertz CT molecular complexity index is 682. The maximum atomic E-state index is 12.2. The molecule has 1 amide bonds. The first kappa shape index (κ1) is 19.0. The zero-order valence-electron chi connectivity index (χ0n) is 15.5. The van der Waals surface area contributed by atoms with Crippen molar-refractivity contribution in [3.8, 4) is 5.75 Å². The van der Waals surface area contributed by atoms with Crippen molar-refractivity contribution in [3.63, 3.8) is 0 Å². The number of unbranched alkanes of at least 4 members (excludes halogenated alkanes) is 1. The molecule has 0 aliphatic carbocycles. The van der Waals surface area contributed by atoms with E-state index in [1.54, 1.807) is 0 Å². The highest BCUT2D eigenvalue weighted by molar-refractivity contribution is 5.76. The second kappa shape index (κ2) is 9.20. The minimum absolute atomic E-state index is 0.0247. The lowest BCUT2D eigenvalue weighted by molar-refractivity contribution is -0.122. The second-order valence-electron chi connectivity index (χ2n) is 6.69. The highest BCUT2D eigenvalue weighted by atomic mass is 16.5. The summed E-state index contributed by atoms with van der Waals surface area (Å²) in [7, 11) is 0. The zero-order valence-corrected chi connectivity index (χ0v) is 15.5. The fraction of sp³-hybridized carbons (Fsp3) is 0.526. The predicted molar refractivity (Wildman–Crippen MR) is 97.4 cm³/mol. The van der Waals surface area contributed by atoms with Gasteiger partial charge in [0, 0.05) is 6.42 Å². The van der Waals surface area contributed by atoms with Crippen LogP contribution in [0, 0.1) is 19.8 Å². The van der Waals surface area contributed by atoms with Gasteiger partial charge in [-0.1, -0.05) is 26.0 Å². The largest absolute Gasteiger partial charge is 0.494 e. The summed E-state index contributed by atoms with van der Waals surface area (Å²) in [6.07, 6.45) is 2.10. The van der Waals surface area contributed by atoms with Crippen molar-refractivity contribution >= 4 is 5.91 Å². The molecular formula is C19H28N4O2. The molecule has 2 rings (SSSR count). The minimum Gasteiger partial charge on any atom is -0.494 e. The van der Waals surface area contributed by atoms with E-state index in [-0.39, 0.29) is 17.9 Å². The lowest BCUT2D eigenvalue weighted by Crippen LogP contribution is -2.32. The van der Waals surface area contributed by atoms with Crippen LogP contribution in [0.25, 0.3) is 0 Å². The highest BCUT2D eigenvalue weighted by Crippen LogP contribution is 2.18. The average Bonchev–Trinajstić information content (AvgIpc) is 2.98. The molecule has 6 nitrogen and oxygen atoms in total. The maximum absolute atomic E-state index is 12.2. The van der Waals surface area contributed by atoms with Crippen molar-refractivity contribution in [2.75, 3.05) is 6.61 Å². The Kier molecular flexibility index (Phi) is 6.98. The Hall–Kier alpha value is -2.37. The molecular weight excluding hydrogens is 316 g/mol. The SMILES string of the molecule is Cc1cccc(OCCCCC(=O)N[C@@H](c2n[nH]c(C)n2)C(C)C)c1. The summed E-state index contributed by atoms with van der Waals surface area (Å²) in [5.74, 6) is 2.52. The number of amides is 1. The van der Waals surface area contributed by atoms with Crippen LogP contribution in [0.15, 0.2) is 24.3 Å². The molecule has 0 aliphatic heterocycles. The van der Waals surface area contributed by atoms with Crippen molar-refractivity contribution < 1.29 is 9.53 Å². The van der Waals surface area contributed by atoms with E-state index < -0.39 is 0 Å². The number of carbonyl (C=O) groups is 1. The number of benzene rings is 1. The first-order valence-corrected chi connectivity index (χ1v) is 8.83. The number of aryl methyl sites for hydroxylation is 2. The monoisotopic (exact) mass is 344 g/mol. The van der Waals surface area contributed by atoms with Gasteiger partial charge in [-0.25, -0.2) is 4.98 Å². The number of ether oxygens (including phenoxy) is 1. The lowest BCUT2D eigenvalue weighted by atomic mass is 10.0. The van der Waals surface area contributed by atoms with E-state index >= 15 is 0 Å². The van der Waals surface area contributed by atoms with E-state index in [1.165, 1.54) is 5.56 Å². The van der Waals surface area contributed by atoms with Crippen LogP contribution in [0.5, 0.6) is 5.75 Å². The van der Waals surface area contributed by atoms with Crippen LogP contribution in [0.4, 0.5) is 0 Å². The van der Waals surface area contributed by atoms with Gasteiger partial charge in [-0.3, -0.25) is 9.89 Å². The van der Waals surface area contributed by atoms with Crippen LogP contribution in [-0.4, -0.2) is 27.7 Å². The second-order valence-corrected chi connectivity index (χ2v) is 6.69. The summed E-state index contributed by atoms with van der Waals surface area (Å²) in [6.45, 7) is 8.60. The van der Waals surface area contributed by atoms with Gasteiger partial charge in [-0.05, 0) is 50.3 Å². The van der Waals surface area contributed by atoms with Gasteiger partial charge < -0.3 is 10.1 Å². The lowest BCUT2D eigenvalue weighted by Gasteiger charge is -2.19. The van der Waals surface area contributed by atoms with Gasteiger partial charge in [-0.2, -0.15) is 5.10 Å². The molecule has 0 radical (unpaired) electrons. The summed E-state index contributed by atoms with van der Waals surface area (Å²) in [5, 5.41) is 10.0. The van der Waals surface area contributed by atoms with Gasteiger partial charge >= 0.3 is 0 Å². The number of nitrogens with zero attached hydrogens (tertiary/aromatic N) is 2. The van der Waals surface area contributed by atoms with E-state index in [1.807, 2.05) is 52.0 Å². The summed E-state index contributed by atoms with van der Waals surface area (Å²) >= 11 is 0. The molecule has 1 aromatic heterocycles. The number of hydrogen-bond donors (Lipinski definition) is 2. The Morgan fingerprint density at radius 1 is 1.28 bits per heavy atom. The molecule has 1 aromatic carbocycles. The van der Waals surface area contributed by atoms with Gasteiger partial charge in [0.25, 0.3) is 0 Å². The fourth-order valence-electron chi connectivity index (χ4n) is 2.56. The van der Waals surface area contributed by atoms with Crippen molar-refractivity contribution in [1.82, 2.24) is 20.5 Å². The molecule has 1 heterocycles. The van der Waals surface area contributed by atoms with E-state index in [2.05, 4.69) is 20.5 Å². The number of rotatable bonds is 9. The number of carbonyl (C=O) groups excluding carboxylic acids is 1. The maximum Gasteiger partial charge on any atom is 0.220 e. The van der Waals surface area contributed by atoms with Gasteiger partial charge in [0.2, 0.25) is 5.91 Å². The molecule has 0 spiro atoms. The van der Waals surface area contributed by atoms with Gasteiger partial charge in [0.15, 0.2) is 5.82 Å². The quantitative estimate of drug-likeness (QED) is 0.683. The van der Waals surface area contributed by atoms with Crippen LogP contribution in [0.1, 0.15) is 56.4 Å². The van der Waals surface area contributed by atoms with Crippen molar-refractivity contribution in [1.29, 1.82) is 0 Å². The van der Waals surface area contributed by atoms with E-state index in [9.17, 15) is 4.79 Å². The molecule has 2 aromatic rings. The third kappa shape index (κ3) is 6.21. The Balaban J connectivity index is 1.70. The van der Waals surface area contributed by atoms with E-state index in [0.29, 0.717) is 18.9 Å². The minimum atomic E-state index is -0.166. The van der Waals surface area contributed by atoms with Crippen molar-refractivity contribution in [2.45, 2.75) is 53.0 Å². The van der Waals surface area contributed by atoms with Gasteiger partial charge in [0.1, 0.15) is 11.6 Å². The molecule has 0 bridgehead atoms. The fourth-order valence-corrected chi connectivity index (χ4v) is 2.56. The predicted octanol–water partition coefficient (Wildman–Crippen LogP) is 3.48. The topological polar surface area (TPSA) is 79.9 Å². The average molecular weight is 344 g/mol. The highest BCUT2D eigenvalue weighted by Gasteiger charge is 2.21. The molecule has 0 aliphatic rings. The molecule has 0 saturated carbocycles. The van der Waals surface area contributed by atoms with Crippen LogP contribution < -0.4 is 10.1 Å². The van der Waals surface area contributed by atoms with E-state index in [4.69, 9.17) is 4.74 Å². The van der Waals surface area contributed by atoms with Crippen LogP contribution in [0.2, 0.25) is 0 Å². The first-order chi connectivity index (χ1) is 12.0. The normalized spacial score (nSPS) is 12.2. The molecule has 25 heavy (non-hydrogen) atoms. The first-order valence-electron chi connectivity index (χ1n) is 8.83. The summed E-state index contributed by atoms with van der Waals surface area (Å²) in [5.41, 5.74) is 1.18. The third-order valence-electron chi connectivity index (χ3n) is 3.93. The molecule has 0 unspecified atom stereocenters. The Morgan fingerprint density at radius 3 is 2.72 bits per heavy atom. The summed E-state index contributed by atoms with van der Waals surface area (Å²) in [6, 6.07) is 7.82. The molecule has 1 atom stereocenters. The molecule has 0 fully saturated rings. The number of hydrogen-bond acceptors (Lipinski definition) is 4. The van der Waals surface area contributed by atoms with Crippen molar-refractivity contribution in [3.05, 3.63) is 41.5 Å². The summed E-state index contributed by atoms with van der Waals surface area (Å²) < 4.78 is 5.70. The molecule has 6 heteroatoms. The molecule has 2 N–H and O–H groups in total. The number of nitrogens with one attached hydrogen (secondary N) is 2. The zero-order chi connectivity index (χ0) is 18.2. The number of aromatic amines is 1. The Morgan fingerprint density at radius 2 is 2.08 bits per heavy atom. The van der Waals surface area contributed by atoms with Gasteiger partial charge in [0.05, 0.1) is 12.6 Å². The van der Waals surface area contributed by atoms with Gasteiger partial charge in [-0.15, -0.1) is 0 Å².